The van der Waals surface area contributed by atoms with E-state index >= 15 is 0 Å². The molecule has 0 saturated carbocycles. The minimum atomic E-state index is 0.209. The largest absolute Gasteiger partial charge is 0.330 e. The van der Waals surface area contributed by atoms with Crippen molar-refractivity contribution in [2.75, 3.05) is 19.6 Å². The molecule has 0 aliphatic heterocycles. The smallest absolute Gasteiger partial charge is 0.0328 e. The second-order valence-electron chi connectivity index (χ2n) is 5.39. The van der Waals surface area contributed by atoms with Crippen LogP contribution in [0.5, 0.6) is 0 Å². The summed E-state index contributed by atoms with van der Waals surface area (Å²) in [6.07, 6.45) is 1.14. The fourth-order valence-corrected chi connectivity index (χ4v) is 2.87. The van der Waals surface area contributed by atoms with Crippen LogP contribution in [0.4, 0.5) is 0 Å². The Morgan fingerprint density at radius 2 is 1.88 bits per heavy atom. The Balaban J connectivity index is 2.57. The molecule has 1 rings (SSSR count). The minimum Gasteiger partial charge on any atom is -0.330 e. The van der Waals surface area contributed by atoms with Crippen molar-refractivity contribution in [3.8, 4) is 0 Å². The summed E-state index contributed by atoms with van der Waals surface area (Å²) in [6, 6.07) is 4.52. The van der Waals surface area contributed by atoms with Crippen LogP contribution in [-0.4, -0.2) is 24.5 Å². The number of nitrogens with two attached hydrogens (primary N) is 1. The number of thiophene rings is 1. The third kappa shape index (κ3) is 4.78. The molecule has 0 spiro atoms. The van der Waals surface area contributed by atoms with Gasteiger partial charge in [-0.3, -0.25) is 4.90 Å². The first-order chi connectivity index (χ1) is 8.00. The molecule has 0 aliphatic carbocycles. The van der Waals surface area contributed by atoms with Crippen molar-refractivity contribution in [3.63, 3.8) is 0 Å². The van der Waals surface area contributed by atoms with Gasteiger partial charge in [0, 0.05) is 22.8 Å². The van der Waals surface area contributed by atoms with Crippen LogP contribution in [0.25, 0.3) is 0 Å². The summed E-state index contributed by atoms with van der Waals surface area (Å²) in [5.41, 5.74) is 6.01. The number of nitrogens with zero attached hydrogens (tertiary/aromatic N) is 1. The molecule has 0 amide bonds. The van der Waals surface area contributed by atoms with Gasteiger partial charge in [0.05, 0.1) is 0 Å². The number of rotatable bonds is 7. The molecule has 0 unspecified atom stereocenters. The van der Waals surface area contributed by atoms with Gasteiger partial charge in [-0.25, -0.2) is 0 Å². The molecule has 0 aromatic carbocycles. The Hall–Kier alpha value is -0.380. The zero-order valence-electron chi connectivity index (χ0n) is 11.6. The van der Waals surface area contributed by atoms with Crippen LogP contribution in [0.1, 0.15) is 37.4 Å². The van der Waals surface area contributed by atoms with Crippen molar-refractivity contribution >= 4 is 11.3 Å². The van der Waals surface area contributed by atoms with Crippen LogP contribution >= 0.6 is 11.3 Å². The van der Waals surface area contributed by atoms with Gasteiger partial charge in [-0.2, -0.15) is 0 Å². The van der Waals surface area contributed by atoms with E-state index in [0.29, 0.717) is 0 Å². The second-order valence-corrected chi connectivity index (χ2v) is 6.65. The summed E-state index contributed by atoms with van der Waals surface area (Å²) in [5, 5.41) is 0. The number of aryl methyl sites for hydroxylation is 1. The van der Waals surface area contributed by atoms with E-state index in [1.54, 1.807) is 0 Å². The van der Waals surface area contributed by atoms with Crippen LogP contribution in [0.15, 0.2) is 12.1 Å². The average molecular weight is 254 g/mol. The first-order valence-corrected chi connectivity index (χ1v) is 7.32. The molecule has 0 atom stereocenters. The maximum atomic E-state index is 5.80. The van der Waals surface area contributed by atoms with Gasteiger partial charge in [-0.1, -0.05) is 27.7 Å². The highest BCUT2D eigenvalue weighted by Gasteiger charge is 2.19. The molecule has 0 aliphatic rings. The third-order valence-corrected chi connectivity index (χ3v) is 4.31. The van der Waals surface area contributed by atoms with E-state index in [-0.39, 0.29) is 5.41 Å². The first-order valence-electron chi connectivity index (χ1n) is 6.50. The molecule has 2 N–H and O–H groups in total. The van der Waals surface area contributed by atoms with Crippen molar-refractivity contribution in [1.82, 2.24) is 4.90 Å². The molecule has 0 bridgehead atoms. The van der Waals surface area contributed by atoms with Gasteiger partial charge < -0.3 is 5.73 Å². The van der Waals surface area contributed by atoms with Gasteiger partial charge in [0.1, 0.15) is 0 Å². The number of hydrogen-bond donors (Lipinski definition) is 1. The summed E-state index contributed by atoms with van der Waals surface area (Å²) in [5.74, 6) is 0. The molecule has 1 aromatic heterocycles. The highest BCUT2D eigenvalue weighted by atomic mass is 32.1. The van der Waals surface area contributed by atoms with Crippen LogP contribution < -0.4 is 5.73 Å². The van der Waals surface area contributed by atoms with Gasteiger partial charge in [0.25, 0.3) is 0 Å². The fraction of sp³-hybridized carbons (Fsp3) is 0.714. The molecule has 98 valence electrons. The van der Waals surface area contributed by atoms with Gasteiger partial charge in [-0.15, -0.1) is 11.3 Å². The zero-order valence-corrected chi connectivity index (χ0v) is 12.4. The fourth-order valence-electron chi connectivity index (χ4n) is 1.87. The Morgan fingerprint density at radius 3 is 2.35 bits per heavy atom. The van der Waals surface area contributed by atoms with Crippen LogP contribution in [-0.2, 0) is 13.0 Å². The summed E-state index contributed by atoms with van der Waals surface area (Å²) >= 11 is 1.94. The first kappa shape index (κ1) is 14.7. The Kier molecular flexibility index (Phi) is 5.63. The summed E-state index contributed by atoms with van der Waals surface area (Å²) in [4.78, 5) is 5.43. The quantitative estimate of drug-likeness (QED) is 0.810. The molecule has 1 aromatic rings. The highest BCUT2D eigenvalue weighted by molar-refractivity contribution is 7.11. The van der Waals surface area contributed by atoms with E-state index in [0.717, 1.165) is 32.6 Å². The van der Waals surface area contributed by atoms with Crippen molar-refractivity contribution in [1.29, 1.82) is 0 Å². The molecule has 0 saturated heterocycles. The van der Waals surface area contributed by atoms with E-state index in [4.69, 9.17) is 5.73 Å². The Morgan fingerprint density at radius 1 is 1.24 bits per heavy atom. The monoisotopic (exact) mass is 254 g/mol. The molecule has 1 heterocycles. The van der Waals surface area contributed by atoms with Crippen LogP contribution in [0.2, 0.25) is 0 Å². The van der Waals surface area contributed by atoms with E-state index < -0.39 is 0 Å². The second kappa shape index (κ2) is 6.53. The normalized spacial score (nSPS) is 12.4. The topological polar surface area (TPSA) is 29.3 Å². The standard InChI is InChI=1S/C14H26N2S/c1-5-12-7-8-13(17-12)9-16(6-2)11-14(3,4)10-15/h7-8H,5-6,9-11,15H2,1-4H3. The predicted molar refractivity (Wildman–Crippen MR) is 77.5 cm³/mol. The van der Waals surface area contributed by atoms with Gasteiger partial charge >= 0.3 is 0 Å². The lowest BCUT2D eigenvalue weighted by Gasteiger charge is -2.30. The maximum Gasteiger partial charge on any atom is 0.0328 e. The van der Waals surface area contributed by atoms with Crippen molar-refractivity contribution in [3.05, 3.63) is 21.9 Å². The average Bonchev–Trinajstić information content (AvgIpc) is 2.75. The lowest BCUT2D eigenvalue weighted by atomic mass is 9.93. The van der Waals surface area contributed by atoms with E-state index in [1.165, 1.54) is 9.75 Å². The van der Waals surface area contributed by atoms with Crippen LogP contribution in [0.3, 0.4) is 0 Å². The maximum absolute atomic E-state index is 5.80. The van der Waals surface area contributed by atoms with Crippen molar-refractivity contribution < 1.29 is 0 Å². The number of hydrogen-bond acceptors (Lipinski definition) is 3. The Bertz CT molecular complexity index is 331. The predicted octanol–water partition coefficient (Wildman–Crippen LogP) is 3.12. The molecular formula is C14H26N2S. The van der Waals surface area contributed by atoms with Crippen LogP contribution in [0, 0.1) is 5.41 Å². The Labute approximate surface area is 110 Å². The summed E-state index contributed by atoms with van der Waals surface area (Å²) in [6.45, 7) is 12.9. The molecule has 3 heteroatoms. The summed E-state index contributed by atoms with van der Waals surface area (Å²) < 4.78 is 0. The lowest BCUT2D eigenvalue weighted by molar-refractivity contribution is 0.185. The van der Waals surface area contributed by atoms with Gasteiger partial charge in [0.15, 0.2) is 0 Å². The van der Waals surface area contributed by atoms with E-state index in [2.05, 4.69) is 44.7 Å². The SMILES string of the molecule is CCc1ccc(CN(CC)CC(C)(C)CN)s1. The van der Waals surface area contributed by atoms with Gasteiger partial charge in [0.2, 0.25) is 0 Å². The van der Waals surface area contributed by atoms with Crippen molar-refractivity contribution in [2.24, 2.45) is 11.1 Å². The highest BCUT2D eigenvalue weighted by Crippen LogP contribution is 2.21. The van der Waals surface area contributed by atoms with E-state index in [9.17, 15) is 0 Å². The molecule has 2 nitrogen and oxygen atoms in total. The third-order valence-electron chi connectivity index (χ3n) is 3.10. The van der Waals surface area contributed by atoms with E-state index in [1.807, 2.05) is 11.3 Å². The summed E-state index contributed by atoms with van der Waals surface area (Å²) in [7, 11) is 0. The molecule has 17 heavy (non-hydrogen) atoms. The molecular weight excluding hydrogens is 228 g/mol. The van der Waals surface area contributed by atoms with Gasteiger partial charge in [-0.05, 0) is 37.1 Å². The lowest BCUT2D eigenvalue weighted by Crippen LogP contribution is -2.38. The molecule has 0 fully saturated rings. The molecule has 0 radical (unpaired) electrons. The zero-order chi connectivity index (χ0) is 12.9. The minimum absolute atomic E-state index is 0.209. The van der Waals surface area contributed by atoms with Crippen molar-refractivity contribution in [2.45, 2.75) is 40.7 Å².